The zero-order valence-corrected chi connectivity index (χ0v) is 4.94. The lowest BCUT2D eigenvalue weighted by Crippen LogP contribution is -1.96. The smallest absolute Gasteiger partial charge is 0.226 e. The average molecular weight is 113 g/mol. The van der Waals surface area contributed by atoms with Crippen LogP contribution in [0.2, 0.25) is 0 Å². The highest BCUT2D eigenvalue weighted by Crippen LogP contribution is 1.85. The summed E-state index contributed by atoms with van der Waals surface area (Å²) in [6.45, 7) is 5.91. The van der Waals surface area contributed by atoms with Gasteiger partial charge < -0.3 is 4.74 Å². The van der Waals surface area contributed by atoms with Gasteiger partial charge in [-0.3, -0.25) is 4.79 Å². The second-order valence-electron chi connectivity index (χ2n) is 1.59. The van der Waals surface area contributed by atoms with Crippen molar-refractivity contribution in [1.82, 2.24) is 0 Å². The van der Waals surface area contributed by atoms with Gasteiger partial charge in [0.15, 0.2) is 0 Å². The van der Waals surface area contributed by atoms with Crippen LogP contribution in [0.4, 0.5) is 0 Å². The van der Waals surface area contributed by atoms with Gasteiger partial charge in [0.05, 0.1) is 6.61 Å². The molecule has 0 aromatic heterocycles. The van der Waals surface area contributed by atoms with Gasteiger partial charge in [-0.1, -0.05) is 12.2 Å². The molecule has 0 rings (SSSR count). The summed E-state index contributed by atoms with van der Waals surface area (Å²) in [5.41, 5.74) is 0.917. The second kappa shape index (κ2) is 4.53. The third kappa shape index (κ3) is 5.37. The van der Waals surface area contributed by atoms with E-state index in [9.17, 15) is 4.79 Å². The Hall–Kier alpha value is -0.630. The van der Waals surface area contributed by atoms with Crippen LogP contribution in [-0.2, 0) is 9.53 Å². The topological polar surface area (TPSA) is 26.3 Å². The Balaban J connectivity index is 2.93. The molecule has 0 saturated carbocycles. The van der Waals surface area contributed by atoms with Gasteiger partial charge in [0.2, 0.25) is 6.29 Å². The van der Waals surface area contributed by atoms with Gasteiger partial charge in [0.1, 0.15) is 6.61 Å². The molecule has 45 valence electrons. The third-order valence-electron chi connectivity index (χ3n) is 0.509. The lowest BCUT2D eigenvalue weighted by molar-refractivity contribution is 0.194. The van der Waals surface area contributed by atoms with Crippen LogP contribution in [0.1, 0.15) is 6.92 Å². The van der Waals surface area contributed by atoms with Crippen molar-refractivity contribution >= 4 is 6.29 Å². The van der Waals surface area contributed by atoms with Gasteiger partial charge >= 0.3 is 0 Å². The summed E-state index contributed by atoms with van der Waals surface area (Å²) in [5.74, 6) is 0. The van der Waals surface area contributed by atoms with Gasteiger partial charge in [-0.05, 0) is 6.92 Å². The van der Waals surface area contributed by atoms with Crippen molar-refractivity contribution in [3.63, 3.8) is 0 Å². The highest BCUT2D eigenvalue weighted by molar-refractivity contribution is 5.51. The molecule has 8 heavy (non-hydrogen) atoms. The van der Waals surface area contributed by atoms with Crippen molar-refractivity contribution in [2.45, 2.75) is 6.92 Å². The fourth-order valence-electron chi connectivity index (χ4n) is 0.267. The largest absolute Gasteiger partial charge is 0.369 e. The van der Waals surface area contributed by atoms with E-state index in [-0.39, 0.29) is 6.61 Å². The Morgan fingerprint density at radius 3 is 2.88 bits per heavy atom. The molecule has 2 nitrogen and oxygen atoms in total. The van der Waals surface area contributed by atoms with Crippen LogP contribution < -0.4 is 0 Å². The molecular weight excluding hydrogens is 104 g/mol. The lowest BCUT2D eigenvalue weighted by Gasteiger charge is -1.94. The summed E-state index contributed by atoms with van der Waals surface area (Å²) in [5, 5.41) is 0. The Morgan fingerprint density at radius 1 is 1.88 bits per heavy atom. The molecule has 0 aromatic rings. The molecule has 1 radical (unpaired) electrons. The summed E-state index contributed by atoms with van der Waals surface area (Å²) in [6, 6.07) is 0. The summed E-state index contributed by atoms with van der Waals surface area (Å²) >= 11 is 0. The number of hydrogen-bond donors (Lipinski definition) is 0. The normalized spacial score (nSPS) is 8.62. The van der Waals surface area contributed by atoms with E-state index in [2.05, 4.69) is 6.58 Å². The quantitative estimate of drug-likeness (QED) is 0.396. The highest BCUT2D eigenvalue weighted by Gasteiger charge is 1.83. The first-order valence-corrected chi connectivity index (χ1v) is 2.34. The minimum atomic E-state index is 0.0485. The highest BCUT2D eigenvalue weighted by atomic mass is 16.5. The van der Waals surface area contributed by atoms with Crippen molar-refractivity contribution < 1.29 is 9.53 Å². The van der Waals surface area contributed by atoms with Gasteiger partial charge in [-0.15, -0.1) is 0 Å². The molecule has 0 fully saturated rings. The molecule has 0 aliphatic carbocycles. The summed E-state index contributed by atoms with van der Waals surface area (Å²) in [7, 11) is 0. The van der Waals surface area contributed by atoms with E-state index in [1.54, 1.807) is 6.29 Å². The molecule has 0 amide bonds. The lowest BCUT2D eigenvalue weighted by atomic mass is 10.4. The molecule has 0 unspecified atom stereocenters. The van der Waals surface area contributed by atoms with Gasteiger partial charge in [-0.25, -0.2) is 0 Å². The first-order valence-electron chi connectivity index (χ1n) is 2.34. The SMILES string of the molecule is C=C(C)COC[C]=O. The molecule has 0 atom stereocenters. The van der Waals surface area contributed by atoms with Crippen molar-refractivity contribution in [3.8, 4) is 0 Å². The number of ether oxygens (including phenoxy) is 1. The fourth-order valence-corrected chi connectivity index (χ4v) is 0.267. The first-order chi connectivity index (χ1) is 3.77. The van der Waals surface area contributed by atoms with Gasteiger partial charge in [0, 0.05) is 0 Å². The predicted molar refractivity (Wildman–Crippen MR) is 31.3 cm³/mol. The van der Waals surface area contributed by atoms with Crippen LogP contribution >= 0.6 is 0 Å². The third-order valence-corrected chi connectivity index (χ3v) is 0.509. The average Bonchev–Trinajstić information content (AvgIpc) is 1.66. The monoisotopic (exact) mass is 113 g/mol. The Morgan fingerprint density at radius 2 is 2.50 bits per heavy atom. The van der Waals surface area contributed by atoms with E-state index in [0.29, 0.717) is 6.61 Å². The minimum absolute atomic E-state index is 0.0485. The number of carbonyl (C=O) groups excluding carboxylic acids is 1. The Kier molecular flexibility index (Phi) is 4.17. The van der Waals surface area contributed by atoms with Crippen LogP contribution in [0.5, 0.6) is 0 Å². The maximum atomic E-state index is 9.51. The Bertz CT molecular complexity index is 86.5. The Labute approximate surface area is 49.1 Å². The van der Waals surface area contributed by atoms with Crippen molar-refractivity contribution in [2.24, 2.45) is 0 Å². The standard InChI is InChI=1S/C6H9O2/c1-6(2)5-8-4-3-7/h1,4-5H2,2H3. The van der Waals surface area contributed by atoms with Crippen LogP contribution in [0.15, 0.2) is 12.2 Å². The van der Waals surface area contributed by atoms with Crippen molar-refractivity contribution in [2.75, 3.05) is 13.2 Å². The van der Waals surface area contributed by atoms with Crippen LogP contribution in [0.25, 0.3) is 0 Å². The van der Waals surface area contributed by atoms with Crippen molar-refractivity contribution in [3.05, 3.63) is 12.2 Å². The van der Waals surface area contributed by atoms with E-state index >= 15 is 0 Å². The first kappa shape index (κ1) is 7.37. The molecule has 2 heteroatoms. The molecule has 0 heterocycles. The summed E-state index contributed by atoms with van der Waals surface area (Å²) in [6.07, 6.45) is 1.61. The molecular formula is C6H9O2. The van der Waals surface area contributed by atoms with Crippen molar-refractivity contribution in [1.29, 1.82) is 0 Å². The van der Waals surface area contributed by atoms with E-state index in [1.165, 1.54) is 0 Å². The summed E-state index contributed by atoms with van der Waals surface area (Å²) < 4.78 is 4.72. The maximum absolute atomic E-state index is 9.51. The zero-order chi connectivity index (χ0) is 6.41. The molecule has 0 aliphatic rings. The zero-order valence-electron chi connectivity index (χ0n) is 4.94. The van der Waals surface area contributed by atoms with Crippen LogP contribution in [0.3, 0.4) is 0 Å². The number of hydrogen-bond acceptors (Lipinski definition) is 2. The fraction of sp³-hybridized carbons (Fsp3) is 0.500. The minimum Gasteiger partial charge on any atom is -0.369 e. The molecule has 0 saturated heterocycles. The van der Waals surface area contributed by atoms with E-state index in [1.807, 2.05) is 6.92 Å². The summed E-state index contributed by atoms with van der Waals surface area (Å²) in [4.78, 5) is 9.51. The number of rotatable bonds is 4. The maximum Gasteiger partial charge on any atom is 0.226 e. The molecule has 0 spiro atoms. The molecule has 0 aliphatic heterocycles. The van der Waals surface area contributed by atoms with E-state index in [0.717, 1.165) is 5.57 Å². The van der Waals surface area contributed by atoms with Gasteiger partial charge in [0.25, 0.3) is 0 Å². The van der Waals surface area contributed by atoms with E-state index in [4.69, 9.17) is 4.74 Å². The van der Waals surface area contributed by atoms with Crippen LogP contribution in [-0.4, -0.2) is 19.5 Å². The van der Waals surface area contributed by atoms with E-state index < -0.39 is 0 Å². The predicted octanol–water partition coefficient (Wildman–Crippen LogP) is 0.689. The molecule has 0 bridgehead atoms. The van der Waals surface area contributed by atoms with Crippen LogP contribution in [0, 0.1) is 0 Å². The second-order valence-corrected chi connectivity index (χ2v) is 1.59. The molecule has 0 N–H and O–H groups in total. The van der Waals surface area contributed by atoms with Gasteiger partial charge in [-0.2, -0.15) is 0 Å². The molecule has 0 aromatic carbocycles.